The maximum absolute atomic E-state index is 6.12. The van der Waals surface area contributed by atoms with E-state index in [-0.39, 0.29) is 6.04 Å². The van der Waals surface area contributed by atoms with Crippen LogP contribution in [-0.2, 0) is 6.42 Å². The van der Waals surface area contributed by atoms with Gasteiger partial charge in [0.1, 0.15) is 0 Å². The van der Waals surface area contributed by atoms with Crippen LogP contribution in [0.2, 0.25) is 0 Å². The molecule has 2 aromatic rings. The van der Waals surface area contributed by atoms with Gasteiger partial charge in [0.2, 0.25) is 5.89 Å². The average Bonchev–Trinajstić information content (AvgIpc) is 2.97. The summed E-state index contributed by atoms with van der Waals surface area (Å²) in [5.41, 5.74) is 7.39. The molecule has 1 unspecified atom stereocenters. The number of hydrogen-bond donors (Lipinski definition) is 1. The number of hydrogen-bond acceptors (Lipinski definition) is 5. The summed E-state index contributed by atoms with van der Waals surface area (Å²) < 4.78 is 5.27. The molecule has 0 aliphatic heterocycles. The van der Waals surface area contributed by atoms with Gasteiger partial charge in [-0.15, -0.1) is 0 Å². The molecule has 0 radical (unpaired) electrons. The summed E-state index contributed by atoms with van der Waals surface area (Å²) in [6.45, 7) is 5.84. The molecule has 108 valence electrons. The molecular formula is C15H22N4O. The Bertz CT molecular complexity index is 508. The van der Waals surface area contributed by atoms with Gasteiger partial charge in [-0.25, -0.2) is 0 Å². The summed E-state index contributed by atoms with van der Waals surface area (Å²) in [5.74, 6) is 1.14. The number of benzene rings is 1. The van der Waals surface area contributed by atoms with E-state index in [9.17, 15) is 0 Å². The second kappa shape index (κ2) is 7.05. The molecule has 0 saturated carbocycles. The molecule has 2 rings (SSSR count). The van der Waals surface area contributed by atoms with Crippen molar-refractivity contribution in [2.45, 2.75) is 32.7 Å². The fraction of sp³-hybridized carbons (Fsp3) is 0.467. The Hall–Kier alpha value is -1.88. The first kappa shape index (κ1) is 14.5. The van der Waals surface area contributed by atoms with E-state index in [2.05, 4.69) is 36.1 Å². The molecule has 5 nitrogen and oxygen atoms in total. The normalized spacial score (nSPS) is 12.3. The Morgan fingerprint density at radius 1 is 1.20 bits per heavy atom. The predicted octanol–water partition coefficient (Wildman–Crippen LogP) is 2.55. The van der Waals surface area contributed by atoms with Gasteiger partial charge in [-0.3, -0.25) is 0 Å². The zero-order chi connectivity index (χ0) is 14.4. The van der Waals surface area contributed by atoms with Gasteiger partial charge in [0.05, 0.1) is 6.04 Å². The van der Waals surface area contributed by atoms with Crippen LogP contribution in [0.15, 0.2) is 34.9 Å². The molecular weight excluding hydrogens is 252 g/mol. The lowest BCUT2D eigenvalue weighted by atomic mass is 10.1. The second-order valence-electron chi connectivity index (χ2n) is 4.74. The second-order valence-corrected chi connectivity index (χ2v) is 4.74. The molecule has 2 N–H and O–H groups in total. The van der Waals surface area contributed by atoms with Crippen molar-refractivity contribution in [1.82, 2.24) is 10.1 Å². The Balaban J connectivity index is 1.94. The highest BCUT2D eigenvalue weighted by Gasteiger charge is 2.17. The van der Waals surface area contributed by atoms with Gasteiger partial charge in [0.15, 0.2) is 0 Å². The van der Waals surface area contributed by atoms with Crippen LogP contribution >= 0.6 is 0 Å². The minimum Gasteiger partial charge on any atom is -0.339 e. The van der Waals surface area contributed by atoms with Crippen LogP contribution in [0, 0.1) is 0 Å². The quantitative estimate of drug-likeness (QED) is 0.840. The van der Waals surface area contributed by atoms with E-state index in [4.69, 9.17) is 10.3 Å². The molecule has 1 aromatic heterocycles. The minimum absolute atomic E-state index is 0.216. The summed E-state index contributed by atoms with van der Waals surface area (Å²) in [4.78, 5) is 6.43. The van der Waals surface area contributed by atoms with Crippen LogP contribution in [0.3, 0.4) is 0 Å². The van der Waals surface area contributed by atoms with E-state index >= 15 is 0 Å². The lowest BCUT2D eigenvalue weighted by Gasteiger charge is -2.14. The Kier molecular flexibility index (Phi) is 5.12. The van der Waals surface area contributed by atoms with Crippen molar-refractivity contribution in [2.75, 3.05) is 18.0 Å². The molecule has 1 aromatic carbocycles. The summed E-state index contributed by atoms with van der Waals surface area (Å²) in [6.07, 6.45) is 1.70. The van der Waals surface area contributed by atoms with Crippen LogP contribution in [0.25, 0.3) is 0 Å². The van der Waals surface area contributed by atoms with Gasteiger partial charge < -0.3 is 15.2 Å². The van der Waals surface area contributed by atoms with Crippen LogP contribution < -0.4 is 10.6 Å². The molecule has 0 amide bonds. The van der Waals surface area contributed by atoms with E-state index in [0.717, 1.165) is 25.9 Å². The van der Waals surface area contributed by atoms with Crippen molar-refractivity contribution in [3.63, 3.8) is 0 Å². The number of aromatic nitrogens is 2. The molecule has 0 aliphatic rings. The summed E-state index contributed by atoms with van der Waals surface area (Å²) in [5, 5.41) is 3.99. The SMILES string of the molecule is CCN(CC)c1noc(C(N)CCc2ccccc2)n1. The van der Waals surface area contributed by atoms with Crippen molar-refractivity contribution >= 4 is 5.95 Å². The third kappa shape index (κ3) is 3.57. The highest BCUT2D eigenvalue weighted by atomic mass is 16.5. The molecule has 0 aliphatic carbocycles. The highest BCUT2D eigenvalue weighted by molar-refractivity contribution is 5.27. The topological polar surface area (TPSA) is 68.2 Å². The van der Waals surface area contributed by atoms with Gasteiger partial charge in [-0.05, 0) is 37.4 Å². The number of nitrogens with zero attached hydrogens (tertiary/aromatic N) is 3. The molecule has 0 fully saturated rings. The predicted molar refractivity (Wildman–Crippen MR) is 79.6 cm³/mol. The summed E-state index contributed by atoms with van der Waals surface area (Å²) in [6, 6.07) is 10.1. The first-order valence-electron chi connectivity index (χ1n) is 7.12. The Labute approximate surface area is 119 Å². The van der Waals surface area contributed by atoms with Gasteiger partial charge in [-0.2, -0.15) is 4.98 Å². The fourth-order valence-electron chi connectivity index (χ4n) is 2.10. The highest BCUT2D eigenvalue weighted by Crippen LogP contribution is 2.18. The van der Waals surface area contributed by atoms with Gasteiger partial charge in [0.25, 0.3) is 5.95 Å². The fourth-order valence-corrected chi connectivity index (χ4v) is 2.10. The zero-order valence-electron chi connectivity index (χ0n) is 12.1. The van der Waals surface area contributed by atoms with Gasteiger partial charge in [-0.1, -0.05) is 30.3 Å². The van der Waals surface area contributed by atoms with E-state index in [1.807, 2.05) is 23.1 Å². The van der Waals surface area contributed by atoms with Crippen molar-refractivity contribution in [3.05, 3.63) is 41.8 Å². The summed E-state index contributed by atoms with van der Waals surface area (Å²) >= 11 is 0. The zero-order valence-corrected chi connectivity index (χ0v) is 12.1. The van der Waals surface area contributed by atoms with E-state index in [0.29, 0.717) is 11.8 Å². The lowest BCUT2D eigenvalue weighted by molar-refractivity contribution is 0.348. The van der Waals surface area contributed by atoms with E-state index in [1.54, 1.807) is 0 Å². The molecule has 1 heterocycles. The van der Waals surface area contributed by atoms with Gasteiger partial charge >= 0.3 is 0 Å². The third-order valence-corrected chi connectivity index (χ3v) is 3.38. The number of anilines is 1. The van der Waals surface area contributed by atoms with Crippen LogP contribution in [0.4, 0.5) is 5.95 Å². The van der Waals surface area contributed by atoms with Crippen molar-refractivity contribution in [1.29, 1.82) is 0 Å². The number of rotatable bonds is 7. The van der Waals surface area contributed by atoms with Crippen molar-refractivity contribution < 1.29 is 4.52 Å². The largest absolute Gasteiger partial charge is 0.339 e. The average molecular weight is 274 g/mol. The molecule has 5 heteroatoms. The standard InChI is InChI=1S/C15H22N4O/c1-3-19(4-2)15-17-14(20-18-15)13(16)11-10-12-8-6-5-7-9-12/h5-9,13H,3-4,10-11,16H2,1-2H3. The monoisotopic (exact) mass is 274 g/mol. The third-order valence-electron chi connectivity index (χ3n) is 3.38. The maximum atomic E-state index is 6.12. The maximum Gasteiger partial charge on any atom is 0.266 e. The van der Waals surface area contributed by atoms with Crippen molar-refractivity contribution in [3.8, 4) is 0 Å². The number of nitrogens with two attached hydrogens (primary N) is 1. The minimum atomic E-state index is -0.216. The molecule has 20 heavy (non-hydrogen) atoms. The van der Waals surface area contributed by atoms with E-state index in [1.165, 1.54) is 5.56 Å². The van der Waals surface area contributed by atoms with E-state index < -0.39 is 0 Å². The Morgan fingerprint density at radius 3 is 2.55 bits per heavy atom. The molecule has 0 bridgehead atoms. The van der Waals surface area contributed by atoms with Crippen LogP contribution in [-0.4, -0.2) is 23.2 Å². The lowest BCUT2D eigenvalue weighted by Crippen LogP contribution is -2.23. The number of aryl methyl sites for hydroxylation is 1. The van der Waals surface area contributed by atoms with Gasteiger partial charge in [0, 0.05) is 13.1 Å². The molecule has 1 atom stereocenters. The smallest absolute Gasteiger partial charge is 0.266 e. The van der Waals surface area contributed by atoms with Crippen LogP contribution in [0.1, 0.15) is 37.8 Å². The summed E-state index contributed by atoms with van der Waals surface area (Å²) in [7, 11) is 0. The molecule has 0 saturated heterocycles. The van der Waals surface area contributed by atoms with Crippen molar-refractivity contribution in [2.24, 2.45) is 5.73 Å². The first-order valence-corrected chi connectivity index (χ1v) is 7.12. The molecule has 0 spiro atoms. The first-order chi connectivity index (χ1) is 9.74. The Morgan fingerprint density at radius 2 is 1.90 bits per heavy atom. The van der Waals surface area contributed by atoms with Crippen LogP contribution in [0.5, 0.6) is 0 Å².